The van der Waals surface area contributed by atoms with Gasteiger partial charge in [-0.2, -0.15) is 5.26 Å². The first kappa shape index (κ1) is 20.0. The minimum absolute atomic E-state index is 0.143. The number of carbonyl (C=O) groups excluding carboxylic acids is 1. The molecule has 2 aromatic carbocycles. The molecule has 31 heavy (non-hydrogen) atoms. The second-order valence-electron chi connectivity index (χ2n) is 7.05. The Morgan fingerprint density at radius 1 is 1.16 bits per heavy atom. The highest BCUT2D eigenvalue weighted by atomic mass is 16.5. The number of aromatic amines is 1. The Balaban J connectivity index is 1.98. The van der Waals surface area contributed by atoms with Crippen LogP contribution in [-0.2, 0) is 10.3 Å². The number of fused-ring (bicyclic) bond motifs is 1. The SMILES string of the molecule is COc1c[nH]c(=O)c(C(Nc2cc3ccccc3o2)(C(C)=O)c2ccc(C#N)cc2)c1. The summed E-state index contributed by atoms with van der Waals surface area (Å²) < 4.78 is 11.2. The monoisotopic (exact) mass is 413 g/mol. The first-order chi connectivity index (χ1) is 15.0. The molecule has 7 nitrogen and oxygen atoms in total. The van der Waals surface area contributed by atoms with E-state index in [2.05, 4.69) is 16.4 Å². The standard InChI is InChI=1S/C24H19N3O4/c1-15(28)24(18-9-7-16(13-25)8-10-18,20-12-19(30-2)14-26-23(20)29)27-22-11-17-5-3-4-6-21(17)31-22/h3-12,14,27H,1-2H3,(H,26,29). The van der Waals surface area contributed by atoms with Crippen molar-refractivity contribution in [2.45, 2.75) is 12.5 Å². The molecule has 0 aliphatic carbocycles. The third-order valence-electron chi connectivity index (χ3n) is 5.23. The molecule has 154 valence electrons. The molecule has 2 aromatic heterocycles. The predicted octanol–water partition coefficient (Wildman–Crippen LogP) is 3.95. The average Bonchev–Trinajstić information content (AvgIpc) is 3.20. The molecule has 4 rings (SSSR count). The topological polar surface area (TPSA) is 108 Å². The van der Waals surface area contributed by atoms with E-state index in [1.807, 2.05) is 24.3 Å². The van der Waals surface area contributed by atoms with Crippen molar-refractivity contribution in [3.8, 4) is 11.8 Å². The Labute approximate surface area is 177 Å². The number of ether oxygens (including phenoxy) is 1. The van der Waals surface area contributed by atoms with E-state index < -0.39 is 11.1 Å². The summed E-state index contributed by atoms with van der Waals surface area (Å²) in [5.41, 5.74) is -0.331. The van der Waals surface area contributed by atoms with E-state index >= 15 is 0 Å². The van der Waals surface area contributed by atoms with Crippen LogP contribution in [0.1, 0.15) is 23.6 Å². The number of hydrogen-bond donors (Lipinski definition) is 2. The highest BCUT2D eigenvalue weighted by molar-refractivity contribution is 5.95. The lowest BCUT2D eigenvalue weighted by molar-refractivity contribution is -0.120. The van der Waals surface area contributed by atoms with Gasteiger partial charge in [-0.05, 0) is 36.8 Å². The van der Waals surface area contributed by atoms with Crippen molar-refractivity contribution in [1.82, 2.24) is 4.98 Å². The van der Waals surface area contributed by atoms with E-state index in [1.165, 1.54) is 26.3 Å². The molecule has 0 spiro atoms. The van der Waals surface area contributed by atoms with Gasteiger partial charge < -0.3 is 19.5 Å². The van der Waals surface area contributed by atoms with Gasteiger partial charge in [0, 0.05) is 17.6 Å². The minimum Gasteiger partial charge on any atom is -0.495 e. The van der Waals surface area contributed by atoms with Gasteiger partial charge in [0.25, 0.3) is 5.56 Å². The van der Waals surface area contributed by atoms with Gasteiger partial charge in [-0.25, -0.2) is 0 Å². The highest BCUT2D eigenvalue weighted by Crippen LogP contribution is 2.36. The minimum atomic E-state index is -1.58. The molecular weight excluding hydrogens is 394 g/mol. The maximum absolute atomic E-state index is 13.2. The average molecular weight is 413 g/mol. The molecular formula is C24H19N3O4. The number of Topliss-reactive ketones (excluding diaryl/α,β-unsaturated/α-hetero) is 1. The smallest absolute Gasteiger partial charge is 0.254 e. The second kappa shape index (κ2) is 7.84. The lowest BCUT2D eigenvalue weighted by atomic mass is 9.79. The van der Waals surface area contributed by atoms with E-state index in [9.17, 15) is 9.59 Å². The summed E-state index contributed by atoms with van der Waals surface area (Å²) in [5, 5.41) is 13.2. The van der Waals surface area contributed by atoms with Gasteiger partial charge >= 0.3 is 0 Å². The van der Waals surface area contributed by atoms with Gasteiger partial charge in [0.15, 0.2) is 17.2 Å². The van der Waals surface area contributed by atoms with Crippen LogP contribution in [0.5, 0.6) is 5.75 Å². The van der Waals surface area contributed by atoms with Crippen LogP contribution in [0.25, 0.3) is 11.0 Å². The molecule has 0 bridgehead atoms. The molecule has 0 amide bonds. The molecule has 4 aromatic rings. The maximum Gasteiger partial charge on any atom is 0.254 e. The molecule has 0 fully saturated rings. The number of hydrogen-bond acceptors (Lipinski definition) is 6. The van der Waals surface area contributed by atoms with Crippen molar-refractivity contribution in [1.29, 1.82) is 5.26 Å². The molecule has 1 unspecified atom stereocenters. The summed E-state index contributed by atoms with van der Waals surface area (Å²) in [5.74, 6) is 0.375. The summed E-state index contributed by atoms with van der Waals surface area (Å²) >= 11 is 0. The molecule has 0 saturated carbocycles. The number of nitriles is 1. The Morgan fingerprint density at radius 3 is 2.55 bits per heavy atom. The van der Waals surface area contributed by atoms with Crippen molar-refractivity contribution in [2.75, 3.05) is 12.4 Å². The number of furan rings is 1. The summed E-state index contributed by atoms with van der Waals surface area (Å²) in [6.45, 7) is 1.40. The number of rotatable bonds is 6. The Kier molecular flexibility index (Phi) is 5.05. The summed E-state index contributed by atoms with van der Waals surface area (Å²) in [4.78, 5) is 28.8. The zero-order chi connectivity index (χ0) is 22.0. The number of ketones is 1. The molecule has 2 N–H and O–H groups in total. The van der Waals surface area contributed by atoms with E-state index in [-0.39, 0.29) is 11.3 Å². The number of benzene rings is 2. The summed E-state index contributed by atoms with van der Waals surface area (Å²) in [7, 11) is 1.47. The number of nitrogens with one attached hydrogen (secondary N) is 2. The van der Waals surface area contributed by atoms with E-state index in [0.29, 0.717) is 28.3 Å². The lowest BCUT2D eigenvalue weighted by Gasteiger charge is -2.32. The van der Waals surface area contributed by atoms with Gasteiger partial charge in [0.2, 0.25) is 0 Å². The van der Waals surface area contributed by atoms with Gasteiger partial charge in [0.05, 0.1) is 24.3 Å². The molecule has 1 atom stereocenters. The molecule has 0 saturated heterocycles. The second-order valence-corrected chi connectivity index (χ2v) is 7.05. The summed E-state index contributed by atoms with van der Waals surface area (Å²) in [6.07, 6.45) is 1.43. The van der Waals surface area contributed by atoms with Crippen LogP contribution >= 0.6 is 0 Å². The number of H-pyrrole nitrogens is 1. The number of pyridine rings is 1. The fourth-order valence-corrected chi connectivity index (χ4v) is 3.66. The molecule has 0 radical (unpaired) electrons. The molecule has 2 heterocycles. The van der Waals surface area contributed by atoms with Gasteiger partial charge in [-0.15, -0.1) is 0 Å². The summed E-state index contributed by atoms with van der Waals surface area (Å²) in [6, 6.07) is 19.3. The lowest BCUT2D eigenvalue weighted by Crippen LogP contribution is -2.47. The quantitative estimate of drug-likeness (QED) is 0.496. The van der Waals surface area contributed by atoms with E-state index in [0.717, 1.165) is 5.39 Å². The van der Waals surface area contributed by atoms with Gasteiger partial charge in [-0.3, -0.25) is 9.59 Å². The van der Waals surface area contributed by atoms with Crippen LogP contribution in [0.3, 0.4) is 0 Å². The van der Waals surface area contributed by atoms with Crippen molar-refractivity contribution in [2.24, 2.45) is 0 Å². The van der Waals surface area contributed by atoms with Crippen molar-refractivity contribution in [3.63, 3.8) is 0 Å². The van der Waals surface area contributed by atoms with Crippen LogP contribution in [-0.4, -0.2) is 17.9 Å². The predicted molar refractivity (Wildman–Crippen MR) is 116 cm³/mol. The van der Waals surface area contributed by atoms with Crippen LogP contribution < -0.4 is 15.6 Å². The number of para-hydroxylation sites is 1. The maximum atomic E-state index is 13.2. The number of aromatic nitrogens is 1. The molecule has 0 aliphatic heterocycles. The Hall–Kier alpha value is -4.31. The molecule has 7 heteroatoms. The normalized spacial score (nSPS) is 12.7. The van der Waals surface area contributed by atoms with Gasteiger partial charge in [-0.1, -0.05) is 30.3 Å². The fourth-order valence-electron chi connectivity index (χ4n) is 3.66. The Bertz CT molecular complexity index is 1330. The van der Waals surface area contributed by atoms with Gasteiger partial charge in [0.1, 0.15) is 11.3 Å². The van der Waals surface area contributed by atoms with Crippen molar-refractivity contribution < 1.29 is 13.9 Å². The third kappa shape index (κ3) is 3.45. The zero-order valence-corrected chi connectivity index (χ0v) is 16.9. The van der Waals surface area contributed by atoms with Crippen LogP contribution in [0, 0.1) is 11.3 Å². The van der Waals surface area contributed by atoms with Crippen LogP contribution in [0.15, 0.2) is 76.1 Å². The highest BCUT2D eigenvalue weighted by Gasteiger charge is 2.43. The van der Waals surface area contributed by atoms with E-state index in [4.69, 9.17) is 14.4 Å². The van der Waals surface area contributed by atoms with Crippen molar-refractivity contribution >= 4 is 22.6 Å². The fraction of sp³-hybridized carbons (Fsp3) is 0.125. The molecule has 0 aliphatic rings. The van der Waals surface area contributed by atoms with Crippen LogP contribution in [0.4, 0.5) is 5.88 Å². The van der Waals surface area contributed by atoms with Crippen LogP contribution in [0.2, 0.25) is 0 Å². The zero-order valence-electron chi connectivity index (χ0n) is 16.9. The third-order valence-corrected chi connectivity index (χ3v) is 5.23. The number of anilines is 1. The Morgan fingerprint density at radius 2 is 1.90 bits per heavy atom. The largest absolute Gasteiger partial charge is 0.495 e. The number of methoxy groups -OCH3 is 1. The van der Waals surface area contributed by atoms with E-state index in [1.54, 1.807) is 30.3 Å². The number of nitrogens with zero attached hydrogens (tertiary/aromatic N) is 1. The first-order valence-corrected chi connectivity index (χ1v) is 9.53. The van der Waals surface area contributed by atoms with Crippen molar-refractivity contribution in [3.05, 3.63) is 93.9 Å². The number of carbonyl (C=O) groups is 1. The first-order valence-electron chi connectivity index (χ1n) is 9.53.